The Morgan fingerprint density at radius 2 is 1.62 bits per heavy atom. The molecule has 0 fully saturated rings. The topological polar surface area (TPSA) is 48.4 Å². The van der Waals surface area contributed by atoms with Gasteiger partial charge in [0.1, 0.15) is 10.6 Å². The monoisotopic (exact) mass is 483 g/mol. The van der Waals surface area contributed by atoms with Crippen molar-refractivity contribution in [2.24, 2.45) is 0 Å². The number of halogens is 1. The summed E-state index contributed by atoms with van der Waals surface area (Å²) < 4.78 is 25.4. The van der Waals surface area contributed by atoms with Gasteiger partial charge in [0.25, 0.3) is 5.95 Å². The van der Waals surface area contributed by atoms with Gasteiger partial charge in [0.2, 0.25) is 0 Å². The van der Waals surface area contributed by atoms with Gasteiger partial charge in [0.05, 0.1) is 12.3 Å². The van der Waals surface area contributed by atoms with Crippen LogP contribution in [0.4, 0.5) is 4.39 Å². The summed E-state index contributed by atoms with van der Waals surface area (Å²) in [5.41, 5.74) is 1.23. The molecule has 0 aliphatic rings. The lowest BCUT2D eigenvalue weighted by Gasteiger charge is -2.09. The summed E-state index contributed by atoms with van der Waals surface area (Å²) in [5.74, 6) is -0.362. The molecule has 0 spiro atoms. The van der Waals surface area contributed by atoms with Crippen LogP contribution in [0.5, 0.6) is 11.5 Å². The van der Waals surface area contributed by atoms with Gasteiger partial charge >= 0.3 is 5.97 Å². The molecule has 3 aromatic rings. The molecule has 0 aliphatic heterocycles. The Kier molecular flexibility index (Phi) is 10.5. The van der Waals surface area contributed by atoms with Crippen molar-refractivity contribution < 1.29 is 18.7 Å². The zero-order chi connectivity index (χ0) is 24.2. The van der Waals surface area contributed by atoms with Crippen molar-refractivity contribution in [1.29, 1.82) is 0 Å². The molecular formula is C28H34FNO3S. The minimum atomic E-state index is -0.619. The molecule has 0 atom stereocenters. The van der Waals surface area contributed by atoms with Crippen LogP contribution in [0.25, 0.3) is 11.3 Å². The molecule has 0 N–H and O–H groups in total. The molecule has 6 heteroatoms. The van der Waals surface area contributed by atoms with Crippen LogP contribution in [0.15, 0.2) is 48.5 Å². The third kappa shape index (κ3) is 7.94. The average molecular weight is 484 g/mol. The van der Waals surface area contributed by atoms with Crippen LogP contribution in [0.2, 0.25) is 0 Å². The smallest absolute Gasteiger partial charge is 0.353 e. The third-order valence-electron chi connectivity index (χ3n) is 5.57. The van der Waals surface area contributed by atoms with Crippen LogP contribution in [0.1, 0.15) is 79.8 Å². The fourth-order valence-corrected chi connectivity index (χ4v) is 4.53. The highest BCUT2D eigenvalue weighted by Crippen LogP contribution is 2.26. The van der Waals surface area contributed by atoms with E-state index in [2.05, 4.69) is 18.8 Å². The van der Waals surface area contributed by atoms with Crippen LogP contribution in [0.3, 0.4) is 0 Å². The molecule has 0 unspecified atom stereocenters. The summed E-state index contributed by atoms with van der Waals surface area (Å²) in [4.78, 5) is 18.3. The highest BCUT2D eigenvalue weighted by atomic mass is 32.1. The Balaban J connectivity index is 1.53. The number of carbonyl (C=O) groups is 1. The largest absolute Gasteiger partial charge is 0.489 e. The van der Waals surface area contributed by atoms with E-state index in [1.807, 2.05) is 12.1 Å². The molecule has 4 nitrogen and oxygen atoms in total. The van der Waals surface area contributed by atoms with Gasteiger partial charge in [0, 0.05) is 10.4 Å². The van der Waals surface area contributed by atoms with Gasteiger partial charge in [-0.1, -0.05) is 52.4 Å². The highest BCUT2D eigenvalue weighted by Gasteiger charge is 2.13. The molecule has 0 bridgehead atoms. The van der Waals surface area contributed by atoms with Crippen molar-refractivity contribution in [3.8, 4) is 22.8 Å². The predicted octanol–water partition coefficient (Wildman–Crippen LogP) is 8.25. The van der Waals surface area contributed by atoms with E-state index in [-0.39, 0.29) is 11.7 Å². The molecule has 1 aromatic carbocycles. The quantitative estimate of drug-likeness (QED) is 0.100. The molecule has 2 heterocycles. The lowest BCUT2D eigenvalue weighted by Crippen LogP contribution is -2.06. The van der Waals surface area contributed by atoms with Crippen molar-refractivity contribution >= 4 is 17.3 Å². The predicted molar refractivity (Wildman–Crippen MR) is 136 cm³/mol. The number of rotatable bonds is 14. The number of pyridine rings is 1. The van der Waals surface area contributed by atoms with Crippen molar-refractivity contribution in [2.45, 2.75) is 71.6 Å². The Labute approximate surface area is 206 Å². The van der Waals surface area contributed by atoms with Gasteiger partial charge in [-0.15, -0.1) is 11.3 Å². The molecule has 0 aliphatic carbocycles. The first-order valence-corrected chi connectivity index (χ1v) is 13.1. The summed E-state index contributed by atoms with van der Waals surface area (Å²) in [5, 5.41) is 0. The fraction of sp³-hybridized carbons (Fsp3) is 0.429. The van der Waals surface area contributed by atoms with Crippen LogP contribution in [-0.2, 0) is 6.42 Å². The Hall–Kier alpha value is -2.73. The first kappa shape index (κ1) is 25.9. The van der Waals surface area contributed by atoms with Crippen molar-refractivity contribution in [3.63, 3.8) is 0 Å². The summed E-state index contributed by atoms with van der Waals surface area (Å²) in [6.45, 7) is 4.83. The Bertz CT molecular complexity index is 1030. The van der Waals surface area contributed by atoms with E-state index < -0.39 is 5.95 Å². The lowest BCUT2D eigenvalue weighted by molar-refractivity contribution is 0.0740. The molecule has 3 rings (SSSR count). The van der Waals surface area contributed by atoms with E-state index >= 15 is 0 Å². The second kappa shape index (κ2) is 13.9. The first-order valence-electron chi connectivity index (χ1n) is 12.3. The summed E-state index contributed by atoms with van der Waals surface area (Å²) in [6.07, 6.45) is 10.1. The molecule has 0 saturated heterocycles. The maximum Gasteiger partial charge on any atom is 0.353 e. The van der Waals surface area contributed by atoms with Crippen LogP contribution in [-0.4, -0.2) is 17.6 Å². The van der Waals surface area contributed by atoms with Crippen LogP contribution < -0.4 is 9.47 Å². The van der Waals surface area contributed by atoms with Gasteiger partial charge in [0.15, 0.2) is 5.75 Å². The van der Waals surface area contributed by atoms with Gasteiger partial charge in [-0.25, -0.2) is 9.78 Å². The van der Waals surface area contributed by atoms with Crippen molar-refractivity contribution in [2.75, 3.05) is 6.61 Å². The van der Waals surface area contributed by atoms with E-state index in [0.717, 1.165) is 44.1 Å². The SMILES string of the molecule is CCCCCCOc1ccc(-c2ccc(OC(=O)c3ccc(CCCCCC)s3)cc2)nc1F. The molecule has 2 aromatic heterocycles. The van der Waals surface area contributed by atoms with Crippen LogP contribution >= 0.6 is 11.3 Å². The standard InChI is InChI=1S/C28H34FNO3S/c1-3-5-7-9-11-23-16-19-26(34-23)28(31)33-22-14-12-21(13-15-22)24-17-18-25(27(29)30-24)32-20-10-8-6-4-2/h12-19H,3-11,20H2,1-2H3. The lowest BCUT2D eigenvalue weighted by atomic mass is 10.1. The number of aromatic nitrogens is 1. The number of carbonyl (C=O) groups excluding carboxylic acids is 1. The van der Waals surface area contributed by atoms with E-state index in [0.29, 0.717) is 22.9 Å². The Morgan fingerprint density at radius 1 is 0.882 bits per heavy atom. The minimum absolute atomic E-state index is 0.173. The van der Waals surface area contributed by atoms with E-state index in [4.69, 9.17) is 9.47 Å². The summed E-state index contributed by atoms with van der Waals surface area (Å²) in [6, 6.07) is 14.1. The number of hydrogen-bond acceptors (Lipinski definition) is 5. The number of benzene rings is 1. The summed E-state index contributed by atoms with van der Waals surface area (Å²) in [7, 11) is 0. The van der Waals surface area contributed by atoms with Crippen molar-refractivity contribution in [1.82, 2.24) is 4.98 Å². The van der Waals surface area contributed by atoms with Gasteiger partial charge in [-0.2, -0.15) is 4.39 Å². The minimum Gasteiger partial charge on any atom is -0.489 e. The van der Waals surface area contributed by atoms with Crippen molar-refractivity contribution in [3.05, 3.63) is 64.2 Å². The van der Waals surface area contributed by atoms with E-state index in [1.54, 1.807) is 36.4 Å². The number of esters is 1. The normalized spacial score (nSPS) is 10.9. The molecular weight excluding hydrogens is 449 g/mol. The maximum absolute atomic E-state index is 14.4. The summed E-state index contributed by atoms with van der Waals surface area (Å²) >= 11 is 1.49. The van der Waals surface area contributed by atoms with Gasteiger partial charge in [-0.3, -0.25) is 0 Å². The first-order chi connectivity index (χ1) is 16.6. The maximum atomic E-state index is 14.4. The fourth-order valence-electron chi connectivity index (χ4n) is 3.60. The second-order valence-corrected chi connectivity index (χ2v) is 9.55. The average Bonchev–Trinajstić information content (AvgIpc) is 3.32. The van der Waals surface area contributed by atoms with Gasteiger partial charge < -0.3 is 9.47 Å². The molecule has 0 amide bonds. The number of aryl methyl sites for hydroxylation is 1. The number of thiophene rings is 1. The number of unbranched alkanes of at least 4 members (excludes halogenated alkanes) is 6. The highest BCUT2D eigenvalue weighted by molar-refractivity contribution is 7.13. The van der Waals surface area contributed by atoms with Gasteiger partial charge in [-0.05, 0) is 67.8 Å². The molecule has 182 valence electrons. The molecule has 0 radical (unpaired) electrons. The zero-order valence-electron chi connectivity index (χ0n) is 20.1. The molecule has 0 saturated carbocycles. The zero-order valence-corrected chi connectivity index (χ0v) is 21.0. The third-order valence-corrected chi connectivity index (χ3v) is 6.70. The van der Waals surface area contributed by atoms with Crippen LogP contribution in [0, 0.1) is 5.95 Å². The van der Waals surface area contributed by atoms with E-state index in [1.165, 1.54) is 35.5 Å². The van der Waals surface area contributed by atoms with E-state index in [9.17, 15) is 9.18 Å². The molecule has 34 heavy (non-hydrogen) atoms. The second-order valence-electron chi connectivity index (χ2n) is 8.39. The number of nitrogens with zero attached hydrogens (tertiary/aromatic N) is 1. The number of hydrogen-bond donors (Lipinski definition) is 0. The number of ether oxygens (including phenoxy) is 2. The Morgan fingerprint density at radius 3 is 2.32 bits per heavy atom.